The van der Waals surface area contributed by atoms with Gasteiger partial charge in [-0.1, -0.05) is 32.6 Å². The van der Waals surface area contributed by atoms with E-state index in [0.29, 0.717) is 12.5 Å². The highest BCUT2D eigenvalue weighted by atomic mass is 35.5. The molecular formula is C19H27Cl2NO4. The molecule has 4 bridgehead atoms. The van der Waals surface area contributed by atoms with Crippen molar-refractivity contribution < 1.29 is 14.5 Å². The predicted molar refractivity (Wildman–Crippen MR) is 100 cm³/mol. The number of carbonyl (C=O) groups excluding carboxylic acids is 1. The van der Waals surface area contributed by atoms with E-state index in [9.17, 15) is 14.9 Å². The average Bonchev–Trinajstić information content (AvgIpc) is 2.98. The smallest absolute Gasteiger partial charge is 0.213 e. The lowest BCUT2D eigenvalue weighted by Gasteiger charge is -2.39. The zero-order chi connectivity index (χ0) is 18.9. The zero-order valence-electron chi connectivity index (χ0n) is 15.0. The molecule has 0 aromatic carbocycles. The van der Waals surface area contributed by atoms with Crippen LogP contribution in [0.4, 0.5) is 0 Å². The van der Waals surface area contributed by atoms with Crippen molar-refractivity contribution in [2.75, 3.05) is 0 Å². The van der Waals surface area contributed by atoms with Gasteiger partial charge in [0, 0.05) is 41.9 Å². The van der Waals surface area contributed by atoms with Gasteiger partial charge in [0.25, 0.3) is 0 Å². The fourth-order valence-electron chi connectivity index (χ4n) is 4.90. The number of ketones is 1. The van der Waals surface area contributed by atoms with Crippen molar-refractivity contribution in [2.24, 2.45) is 17.8 Å². The minimum atomic E-state index is -0.797. The van der Waals surface area contributed by atoms with Gasteiger partial charge >= 0.3 is 0 Å². The Morgan fingerprint density at radius 2 is 1.96 bits per heavy atom. The summed E-state index contributed by atoms with van der Waals surface area (Å²) in [5.74, 6) is 0.0671. The Morgan fingerprint density at radius 3 is 2.54 bits per heavy atom. The maximum Gasteiger partial charge on any atom is 0.213 e. The predicted octanol–water partition coefficient (Wildman–Crippen LogP) is 4.92. The summed E-state index contributed by atoms with van der Waals surface area (Å²) in [6, 6.07) is -0.658. The number of nitro groups is 1. The van der Waals surface area contributed by atoms with Crippen LogP contribution in [0.1, 0.15) is 64.2 Å². The third-order valence-electron chi connectivity index (χ3n) is 6.35. The van der Waals surface area contributed by atoms with Gasteiger partial charge in [-0.15, -0.1) is 23.2 Å². The summed E-state index contributed by atoms with van der Waals surface area (Å²) in [5, 5.41) is 11.3. The number of fused-ring (bicyclic) bond motifs is 1. The molecule has 5 atom stereocenters. The minimum absolute atomic E-state index is 0.00999. The minimum Gasteiger partial charge on any atom is -0.360 e. The molecule has 146 valence electrons. The van der Waals surface area contributed by atoms with Gasteiger partial charge in [-0.3, -0.25) is 14.9 Å². The first-order chi connectivity index (χ1) is 12.4. The second-order valence-electron chi connectivity index (χ2n) is 7.94. The van der Waals surface area contributed by atoms with Crippen LogP contribution in [0.15, 0.2) is 0 Å². The summed E-state index contributed by atoms with van der Waals surface area (Å²) in [5.41, 5.74) is 0. The van der Waals surface area contributed by atoms with Crippen molar-refractivity contribution in [2.45, 2.75) is 80.7 Å². The Morgan fingerprint density at radius 1 is 1.23 bits per heavy atom. The molecule has 4 fully saturated rings. The summed E-state index contributed by atoms with van der Waals surface area (Å²) in [6.45, 7) is 3.80. The Kier molecular flexibility index (Phi) is 6.51. The van der Waals surface area contributed by atoms with Crippen LogP contribution in [0.3, 0.4) is 0 Å². The molecule has 2 heterocycles. The quantitative estimate of drug-likeness (QED) is 0.212. The number of halogens is 2. The van der Waals surface area contributed by atoms with Gasteiger partial charge < -0.3 is 4.74 Å². The molecule has 5 unspecified atom stereocenters. The van der Waals surface area contributed by atoms with E-state index in [1.807, 2.05) is 0 Å². The van der Waals surface area contributed by atoms with Crippen LogP contribution in [0, 0.1) is 40.9 Å². The van der Waals surface area contributed by atoms with E-state index in [-0.39, 0.29) is 47.4 Å². The Balaban J connectivity index is 1.47. The number of hydrogen-bond donors (Lipinski definition) is 0. The molecule has 4 aliphatic rings. The molecule has 2 saturated heterocycles. The van der Waals surface area contributed by atoms with E-state index >= 15 is 0 Å². The molecule has 2 saturated carbocycles. The summed E-state index contributed by atoms with van der Waals surface area (Å²) >= 11 is 12.9. The highest BCUT2D eigenvalue weighted by Crippen LogP contribution is 2.67. The molecule has 0 N–H and O–H groups in total. The number of alkyl halides is 2. The third-order valence-corrected chi connectivity index (χ3v) is 7.47. The van der Waals surface area contributed by atoms with E-state index in [4.69, 9.17) is 27.9 Å². The summed E-state index contributed by atoms with van der Waals surface area (Å²) < 4.78 is 5.08. The molecule has 0 aromatic heterocycles. The monoisotopic (exact) mass is 403 g/mol. The maximum atomic E-state index is 12.6. The van der Waals surface area contributed by atoms with Gasteiger partial charge in [0.15, 0.2) is 11.9 Å². The highest BCUT2D eigenvalue weighted by molar-refractivity contribution is 6.49. The lowest BCUT2D eigenvalue weighted by molar-refractivity contribution is -0.524. The Bertz CT molecular complexity index is 542. The van der Waals surface area contributed by atoms with Gasteiger partial charge in [-0.25, -0.2) is 0 Å². The number of nitrogens with zero attached hydrogens (tertiary/aromatic N) is 1. The summed E-state index contributed by atoms with van der Waals surface area (Å²) in [4.78, 5) is 23.7. The van der Waals surface area contributed by atoms with E-state index in [1.54, 1.807) is 0 Å². The van der Waals surface area contributed by atoms with Crippen molar-refractivity contribution in [1.29, 1.82) is 0 Å². The van der Waals surface area contributed by atoms with E-state index in [2.05, 4.69) is 6.92 Å². The van der Waals surface area contributed by atoms with Crippen LogP contribution in [0.25, 0.3) is 0 Å². The lowest BCUT2D eigenvalue weighted by Crippen LogP contribution is -2.41. The second kappa shape index (κ2) is 8.32. The molecule has 2 radical (unpaired) electrons. The molecule has 2 aliphatic carbocycles. The first-order valence-corrected chi connectivity index (χ1v) is 10.5. The molecular weight excluding hydrogens is 377 g/mol. The molecule has 0 amide bonds. The lowest BCUT2D eigenvalue weighted by atomic mass is 9.78. The number of rotatable bonds is 11. The summed E-state index contributed by atoms with van der Waals surface area (Å²) in [6.07, 6.45) is 7.80. The fourth-order valence-corrected chi connectivity index (χ4v) is 5.84. The van der Waals surface area contributed by atoms with Crippen LogP contribution in [0.5, 0.6) is 0 Å². The molecule has 4 rings (SSSR count). The van der Waals surface area contributed by atoms with Crippen LogP contribution < -0.4 is 0 Å². The molecule has 0 aromatic rings. The van der Waals surface area contributed by atoms with Gasteiger partial charge in [0.1, 0.15) is 4.33 Å². The molecule has 2 aliphatic heterocycles. The van der Waals surface area contributed by atoms with Gasteiger partial charge in [-0.2, -0.15) is 0 Å². The Hall–Kier alpha value is -0.390. The fraction of sp³-hybridized carbons (Fsp3) is 0.842. The standard InChI is InChI=1S/C19H27Cl2NO4/c1-2-3-4-5-6-7-12(22(24)25)8-9-16(23)18-13-10-15-17(26-18)11-14(13)19(15,20)21/h12-15,17H,1-11H2. The first-order valence-electron chi connectivity index (χ1n) is 9.73. The number of unbranched alkanes of at least 4 members (excludes halogenated alkanes) is 4. The van der Waals surface area contributed by atoms with E-state index in [0.717, 1.165) is 44.9 Å². The van der Waals surface area contributed by atoms with Crippen LogP contribution >= 0.6 is 23.2 Å². The second-order valence-corrected chi connectivity index (χ2v) is 9.39. The van der Waals surface area contributed by atoms with Crippen LogP contribution in [-0.2, 0) is 9.53 Å². The first kappa shape index (κ1) is 20.3. The molecule has 0 spiro atoms. The largest absolute Gasteiger partial charge is 0.360 e. The van der Waals surface area contributed by atoms with Gasteiger partial charge in [0.2, 0.25) is 6.04 Å². The van der Waals surface area contributed by atoms with E-state index in [1.165, 1.54) is 0 Å². The topological polar surface area (TPSA) is 69.4 Å². The summed E-state index contributed by atoms with van der Waals surface area (Å²) in [7, 11) is 0. The maximum absolute atomic E-state index is 12.6. The van der Waals surface area contributed by atoms with Crippen molar-refractivity contribution in [3.05, 3.63) is 23.1 Å². The normalized spacial score (nSPS) is 32.9. The van der Waals surface area contributed by atoms with Crippen molar-refractivity contribution in [3.63, 3.8) is 0 Å². The molecule has 7 heteroatoms. The van der Waals surface area contributed by atoms with Crippen molar-refractivity contribution in [1.82, 2.24) is 0 Å². The SMILES string of the molecule is [CH2]CCCCCCC(CCC(=O)[C]1OC2CC3C1CC2C3(Cl)Cl)[N+](=O)[O-]. The Labute approximate surface area is 165 Å². The van der Waals surface area contributed by atoms with Crippen molar-refractivity contribution in [3.8, 4) is 0 Å². The van der Waals surface area contributed by atoms with Crippen LogP contribution in [0.2, 0.25) is 0 Å². The zero-order valence-corrected chi connectivity index (χ0v) is 16.5. The number of carbonyl (C=O) groups is 1. The van der Waals surface area contributed by atoms with Gasteiger partial charge in [-0.05, 0) is 19.3 Å². The molecule has 5 nitrogen and oxygen atoms in total. The number of ether oxygens (including phenoxy) is 1. The number of hydrogen-bond acceptors (Lipinski definition) is 4. The van der Waals surface area contributed by atoms with Crippen LogP contribution in [-0.4, -0.2) is 27.2 Å². The van der Waals surface area contributed by atoms with Gasteiger partial charge in [0.05, 0.1) is 6.10 Å². The number of Topliss-reactive ketones (excluding diaryl/α,β-unsaturated/α-hetero) is 1. The highest BCUT2D eigenvalue weighted by Gasteiger charge is 2.68. The molecule has 26 heavy (non-hydrogen) atoms. The van der Waals surface area contributed by atoms with E-state index < -0.39 is 10.4 Å². The average molecular weight is 404 g/mol. The van der Waals surface area contributed by atoms with Crippen molar-refractivity contribution >= 4 is 29.0 Å². The third kappa shape index (κ3) is 3.90.